The average Bonchev–Trinajstić information content (AvgIpc) is 2.76. The van der Waals surface area contributed by atoms with Crippen LogP contribution in [0.5, 0.6) is 0 Å². The number of aliphatic imine (C=N–C) groups is 1. The van der Waals surface area contributed by atoms with E-state index in [1.54, 1.807) is 0 Å². The van der Waals surface area contributed by atoms with E-state index in [-0.39, 0.29) is 16.3 Å². The number of aryl methyl sites for hydroxylation is 1. The van der Waals surface area contributed by atoms with Gasteiger partial charge in [-0.05, 0) is 56.4 Å². The van der Waals surface area contributed by atoms with Crippen molar-refractivity contribution in [3.63, 3.8) is 0 Å². The zero-order valence-corrected chi connectivity index (χ0v) is 18.3. The summed E-state index contributed by atoms with van der Waals surface area (Å²) < 4.78 is 0. The summed E-state index contributed by atoms with van der Waals surface area (Å²) in [6, 6.07) is 4.77. The first-order valence-electron chi connectivity index (χ1n) is 9.47. The van der Waals surface area contributed by atoms with Gasteiger partial charge in [0.05, 0.1) is 5.69 Å². The Labute approximate surface area is 180 Å². The molecule has 0 aromatic carbocycles. The molecule has 2 aromatic rings. The summed E-state index contributed by atoms with van der Waals surface area (Å²) in [4.78, 5) is 25.6. The number of carbonyl (C=O) groups excluding carboxylic acids is 1. The van der Waals surface area contributed by atoms with Crippen molar-refractivity contribution in [2.75, 3.05) is 10.7 Å². The van der Waals surface area contributed by atoms with Crippen molar-refractivity contribution in [2.24, 2.45) is 4.99 Å². The normalized spacial score (nSPS) is 16.0. The molecule has 1 unspecified atom stereocenters. The summed E-state index contributed by atoms with van der Waals surface area (Å²) in [6.07, 6.45) is 1.78. The van der Waals surface area contributed by atoms with E-state index in [2.05, 4.69) is 41.9 Å². The Morgan fingerprint density at radius 3 is 2.52 bits per heavy atom. The molecule has 1 atom stereocenters. The third-order valence-electron chi connectivity index (χ3n) is 4.65. The highest BCUT2D eigenvalue weighted by Gasteiger charge is 2.21. The second kappa shape index (κ2) is 8.97. The van der Waals surface area contributed by atoms with E-state index in [1.807, 2.05) is 13.0 Å². The minimum atomic E-state index is -0.475. The Balaban J connectivity index is 1.77. The highest BCUT2D eigenvalue weighted by molar-refractivity contribution is 6.33. The summed E-state index contributed by atoms with van der Waals surface area (Å²) in [6.45, 7) is 8.43. The van der Waals surface area contributed by atoms with Gasteiger partial charge in [0.1, 0.15) is 16.1 Å². The number of aromatic nitrogens is 2. The standard InChI is InChI=1S/C20H24Cl2N6O/c1-10(2)14-9-18(25-15-6-5-11(3)23-12(4)19(14)15)27-28-20(29)24-13-7-16(21)26-17(22)8-13/h7-11H,5-6H2,1-4H3,(H,25,27)(H2,24,26,28,29). The van der Waals surface area contributed by atoms with E-state index in [0.29, 0.717) is 17.4 Å². The number of rotatable bonds is 4. The van der Waals surface area contributed by atoms with Crippen molar-refractivity contribution in [2.45, 2.75) is 52.5 Å². The fourth-order valence-electron chi connectivity index (χ4n) is 3.36. The number of halogens is 2. The molecule has 9 heteroatoms. The smallest absolute Gasteiger partial charge is 0.306 e. The predicted octanol–water partition coefficient (Wildman–Crippen LogP) is 5.20. The first-order chi connectivity index (χ1) is 13.7. The predicted molar refractivity (Wildman–Crippen MR) is 118 cm³/mol. The van der Waals surface area contributed by atoms with Crippen molar-refractivity contribution < 1.29 is 4.79 Å². The molecule has 29 heavy (non-hydrogen) atoms. The molecule has 1 aliphatic heterocycles. The van der Waals surface area contributed by atoms with Gasteiger partial charge < -0.3 is 5.32 Å². The largest absolute Gasteiger partial charge is 0.337 e. The van der Waals surface area contributed by atoms with Gasteiger partial charge >= 0.3 is 6.03 Å². The third-order valence-corrected chi connectivity index (χ3v) is 5.03. The van der Waals surface area contributed by atoms with Crippen molar-refractivity contribution in [1.29, 1.82) is 0 Å². The number of pyridine rings is 2. The fraction of sp³-hybridized carbons (Fsp3) is 0.400. The maximum Gasteiger partial charge on any atom is 0.337 e. The quantitative estimate of drug-likeness (QED) is 0.455. The lowest BCUT2D eigenvalue weighted by Gasteiger charge is -2.18. The molecule has 3 heterocycles. The zero-order valence-electron chi connectivity index (χ0n) is 16.8. The molecule has 0 saturated carbocycles. The van der Waals surface area contributed by atoms with E-state index < -0.39 is 6.03 Å². The Hall–Kier alpha value is -2.38. The van der Waals surface area contributed by atoms with Crippen molar-refractivity contribution in [1.82, 2.24) is 15.4 Å². The monoisotopic (exact) mass is 434 g/mol. The SMILES string of the molecule is CC1=NC(C)CCc2nc(NNC(=O)Nc3cc(Cl)nc(Cl)c3)cc(C(C)C)c21. The number of urea groups is 1. The van der Waals surface area contributed by atoms with Crippen LogP contribution in [-0.4, -0.2) is 27.8 Å². The number of hydrogen-bond donors (Lipinski definition) is 3. The molecule has 2 aromatic heterocycles. The van der Waals surface area contributed by atoms with Crippen LogP contribution in [0.15, 0.2) is 23.2 Å². The summed E-state index contributed by atoms with van der Waals surface area (Å²) >= 11 is 11.7. The van der Waals surface area contributed by atoms with E-state index in [1.165, 1.54) is 12.1 Å². The van der Waals surface area contributed by atoms with E-state index >= 15 is 0 Å². The van der Waals surface area contributed by atoms with Gasteiger partial charge in [0.25, 0.3) is 0 Å². The Morgan fingerprint density at radius 2 is 1.86 bits per heavy atom. The number of anilines is 2. The van der Waals surface area contributed by atoms with Crippen molar-refractivity contribution in [3.8, 4) is 0 Å². The van der Waals surface area contributed by atoms with Gasteiger partial charge in [0.2, 0.25) is 0 Å². The number of hydrogen-bond acceptors (Lipinski definition) is 5. The van der Waals surface area contributed by atoms with Crippen LogP contribution in [0.4, 0.5) is 16.3 Å². The van der Waals surface area contributed by atoms with Gasteiger partial charge in [-0.2, -0.15) is 0 Å². The van der Waals surface area contributed by atoms with Gasteiger partial charge in [-0.3, -0.25) is 15.8 Å². The molecule has 0 spiro atoms. The minimum absolute atomic E-state index is 0.195. The summed E-state index contributed by atoms with van der Waals surface area (Å²) in [5.74, 6) is 0.872. The Morgan fingerprint density at radius 1 is 1.17 bits per heavy atom. The number of amides is 2. The van der Waals surface area contributed by atoms with Gasteiger partial charge in [-0.15, -0.1) is 0 Å². The molecule has 0 radical (unpaired) electrons. The molecule has 3 rings (SSSR count). The molecular weight excluding hydrogens is 411 g/mol. The molecule has 1 aliphatic rings. The number of fused-ring (bicyclic) bond motifs is 1. The van der Waals surface area contributed by atoms with Crippen LogP contribution >= 0.6 is 23.2 Å². The summed E-state index contributed by atoms with van der Waals surface area (Å²) in [7, 11) is 0. The van der Waals surface area contributed by atoms with Crippen LogP contribution in [0.2, 0.25) is 10.3 Å². The van der Waals surface area contributed by atoms with Crippen LogP contribution in [0, 0.1) is 0 Å². The molecule has 0 bridgehead atoms. The van der Waals surface area contributed by atoms with Crippen molar-refractivity contribution in [3.05, 3.63) is 45.3 Å². The van der Waals surface area contributed by atoms with Crippen LogP contribution in [0.1, 0.15) is 56.9 Å². The summed E-state index contributed by atoms with van der Waals surface area (Å²) in [5.41, 5.74) is 10.2. The first-order valence-corrected chi connectivity index (χ1v) is 10.2. The maximum atomic E-state index is 12.2. The molecule has 154 valence electrons. The molecule has 7 nitrogen and oxygen atoms in total. The van der Waals surface area contributed by atoms with Crippen LogP contribution < -0.4 is 16.2 Å². The van der Waals surface area contributed by atoms with E-state index in [4.69, 9.17) is 33.2 Å². The van der Waals surface area contributed by atoms with Gasteiger partial charge in [0, 0.05) is 23.0 Å². The first kappa shape index (κ1) is 21.3. The maximum absolute atomic E-state index is 12.2. The van der Waals surface area contributed by atoms with Gasteiger partial charge in [0.15, 0.2) is 0 Å². The lowest BCUT2D eigenvalue weighted by Crippen LogP contribution is -2.34. The summed E-state index contributed by atoms with van der Waals surface area (Å²) in [5, 5.41) is 3.04. The van der Waals surface area contributed by atoms with E-state index in [0.717, 1.165) is 35.4 Å². The lowest BCUT2D eigenvalue weighted by atomic mass is 9.93. The second-order valence-corrected chi connectivity index (χ2v) is 8.16. The van der Waals surface area contributed by atoms with Gasteiger partial charge in [-0.1, -0.05) is 37.0 Å². The molecule has 0 aliphatic carbocycles. The van der Waals surface area contributed by atoms with Crippen LogP contribution in [0.25, 0.3) is 0 Å². The number of nitrogens with one attached hydrogen (secondary N) is 3. The van der Waals surface area contributed by atoms with E-state index in [9.17, 15) is 4.79 Å². The molecule has 0 fully saturated rings. The van der Waals surface area contributed by atoms with Gasteiger partial charge in [-0.25, -0.2) is 14.8 Å². The highest BCUT2D eigenvalue weighted by Crippen LogP contribution is 2.29. The fourth-order valence-corrected chi connectivity index (χ4v) is 3.82. The minimum Gasteiger partial charge on any atom is -0.306 e. The number of carbonyl (C=O) groups is 1. The van der Waals surface area contributed by atoms with Crippen molar-refractivity contribution >= 4 is 46.4 Å². The third kappa shape index (κ3) is 5.36. The van der Waals surface area contributed by atoms with Crippen LogP contribution in [-0.2, 0) is 6.42 Å². The molecule has 0 saturated heterocycles. The second-order valence-electron chi connectivity index (χ2n) is 7.38. The highest BCUT2D eigenvalue weighted by atomic mass is 35.5. The van der Waals surface area contributed by atoms with Crippen LogP contribution in [0.3, 0.4) is 0 Å². The average molecular weight is 435 g/mol. The molecular formula is C20H24Cl2N6O. The number of nitrogens with zero attached hydrogens (tertiary/aromatic N) is 3. The zero-order chi connectivity index (χ0) is 21.1. The Kier molecular flexibility index (Phi) is 6.59. The Bertz CT molecular complexity index is 940. The topological polar surface area (TPSA) is 91.3 Å². The lowest BCUT2D eigenvalue weighted by molar-refractivity contribution is 0.254. The molecule has 3 N–H and O–H groups in total. The number of hydrazine groups is 1. The molecule has 2 amide bonds.